The quantitative estimate of drug-likeness (QED) is 0.612. The molecule has 0 spiro atoms. The van der Waals surface area contributed by atoms with Gasteiger partial charge in [0.25, 0.3) is 0 Å². The molecule has 1 heterocycles. The Kier molecular flexibility index (Phi) is 6.37. The molecule has 1 fully saturated rings. The van der Waals surface area contributed by atoms with E-state index in [0.717, 1.165) is 17.7 Å². The number of carbonyl (C=O) groups excluding carboxylic acids is 1. The number of hydrogen-bond acceptors (Lipinski definition) is 5. The smallest absolute Gasteiger partial charge is 0.305 e. The van der Waals surface area contributed by atoms with E-state index in [1.54, 1.807) is 13.3 Å². The Morgan fingerprint density at radius 3 is 2.46 bits per heavy atom. The summed E-state index contributed by atoms with van der Waals surface area (Å²) in [5.41, 5.74) is 0.967. The van der Waals surface area contributed by atoms with Gasteiger partial charge in [-0.05, 0) is 48.1 Å². The zero-order valence-corrected chi connectivity index (χ0v) is 15.1. The normalized spacial score (nSPS) is 30.3. The van der Waals surface area contributed by atoms with Crippen LogP contribution in [0, 0.1) is 11.8 Å². The molecule has 0 saturated carbocycles. The van der Waals surface area contributed by atoms with Gasteiger partial charge in [0, 0.05) is 13.1 Å². The van der Waals surface area contributed by atoms with E-state index in [1.807, 2.05) is 24.3 Å². The molecular formula is C19H27NO4. The number of methoxy groups -OCH3 is 1. The molecule has 0 radical (unpaired) electrons. The second kappa shape index (κ2) is 8.29. The molecule has 1 aromatic rings. The number of carbonyl (C=O) groups is 1. The number of aliphatic imine (C=N–C) groups is 1. The van der Waals surface area contributed by atoms with Crippen molar-refractivity contribution in [2.24, 2.45) is 16.8 Å². The number of ether oxygens (including phenoxy) is 3. The van der Waals surface area contributed by atoms with Crippen molar-refractivity contribution in [2.45, 2.75) is 52.6 Å². The van der Waals surface area contributed by atoms with Gasteiger partial charge in [-0.2, -0.15) is 0 Å². The van der Waals surface area contributed by atoms with Crippen LogP contribution in [0.2, 0.25) is 0 Å². The monoisotopic (exact) mass is 333 g/mol. The molecule has 1 aliphatic rings. The molecule has 132 valence electrons. The second-order valence-electron chi connectivity index (χ2n) is 6.32. The van der Waals surface area contributed by atoms with E-state index >= 15 is 0 Å². The zero-order chi connectivity index (χ0) is 17.7. The Bertz CT molecular complexity index is 569. The Morgan fingerprint density at radius 1 is 1.25 bits per heavy atom. The maximum Gasteiger partial charge on any atom is 0.305 e. The van der Waals surface area contributed by atoms with E-state index in [2.05, 4.69) is 25.8 Å². The lowest BCUT2D eigenvalue weighted by Gasteiger charge is -2.42. The van der Waals surface area contributed by atoms with E-state index in [-0.39, 0.29) is 24.0 Å². The average Bonchev–Trinajstić information content (AvgIpc) is 2.57. The van der Waals surface area contributed by atoms with Crippen molar-refractivity contribution in [3.63, 3.8) is 0 Å². The third-order valence-corrected chi connectivity index (χ3v) is 4.74. The minimum absolute atomic E-state index is 0.0804. The summed E-state index contributed by atoms with van der Waals surface area (Å²) in [6.45, 7) is 7.79. The van der Waals surface area contributed by atoms with Gasteiger partial charge < -0.3 is 14.2 Å². The fraction of sp³-hybridized carbons (Fsp3) is 0.579. The van der Waals surface area contributed by atoms with Gasteiger partial charge in [-0.1, -0.05) is 20.8 Å². The van der Waals surface area contributed by atoms with Crippen LogP contribution < -0.4 is 4.74 Å². The van der Waals surface area contributed by atoms with Crippen LogP contribution in [-0.2, 0) is 14.3 Å². The van der Waals surface area contributed by atoms with Crippen molar-refractivity contribution >= 4 is 12.2 Å². The summed E-state index contributed by atoms with van der Waals surface area (Å²) >= 11 is 0. The topological polar surface area (TPSA) is 57.1 Å². The first-order chi connectivity index (χ1) is 11.5. The Balaban J connectivity index is 2.18. The van der Waals surface area contributed by atoms with Crippen LogP contribution >= 0.6 is 0 Å². The van der Waals surface area contributed by atoms with Crippen molar-refractivity contribution in [2.75, 3.05) is 7.11 Å². The summed E-state index contributed by atoms with van der Waals surface area (Å²) in [5, 5.41) is 0. The first-order valence-corrected chi connectivity index (χ1v) is 8.46. The van der Waals surface area contributed by atoms with Crippen LogP contribution in [0.1, 0.15) is 39.7 Å². The summed E-state index contributed by atoms with van der Waals surface area (Å²) < 4.78 is 16.5. The third-order valence-electron chi connectivity index (χ3n) is 4.74. The lowest BCUT2D eigenvalue weighted by atomic mass is 9.81. The SMILES string of the molecule is CCC1O[C@@H](OC(C)=O)C(/N=C/c2ccc(OC)cc2)[C@@H](C)[C@@H]1C. The van der Waals surface area contributed by atoms with E-state index in [1.165, 1.54) is 6.92 Å². The van der Waals surface area contributed by atoms with Crippen molar-refractivity contribution in [1.29, 1.82) is 0 Å². The second-order valence-corrected chi connectivity index (χ2v) is 6.32. The Morgan fingerprint density at radius 2 is 1.92 bits per heavy atom. The van der Waals surface area contributed by atoms with E-state index < -0.39 is 6.29 Å². The molecule has 5 nitrogen and oxygen atoms in total. The molecule has 1 aromatic carbocycles. The maximum absolute atomic E-state index is 11.4. The molecule has 2 rings (SSSR count). The van der Waals surface area contributed by atoms with Crippen LogP contribution in [0.3, 0.4) is 0 Å². The van der Waals surface area contributed by atoms with E-state index in [4.69, 9.17) is 14.2 Å². The number of benzene rings is 1. The van der Waals surface area contributed by atoms with E-state index in [9.17, 15) is 4.79 Å². The first-order valence-electron chi connectivity index (χ1n) is 8.46. The lowest BCUT2D eigenvalue weighted by Crippen LogP contribution is -2.49. The highest BCUT2D eigenvalue weighted by Crippen LogP contribution is 2.34. The number of esters is 1. The van der Waals surface area contributed by atoms with Gasteiger partial charge >= 0.3 is 5.97 Å². The van der Waals surface area contributed by atoms with Gasteiger partial charge in [0.2, 0.25) is 6.29 Å². The fourth-order valence-electron chi connectivity index (χ4n) is 3.07. The summed E-state index contributed by atoms with van der Waals surface area (Å²) in [7, 11) is 1.64. The summed E-state index contributed by atoms with van der Waals surface area (Å²) in [6.07, 6.45) is 2.14. The molecule has 5 atom stereocenters. The molecule has 0 bridgehead atoms. The predicted molar refractivity (Wildman–Crippen MR) is 93.4 cm³/mol. The zero-order valence-electron chi connectivity index (χ0n) is 15.1. The number of nitrogens with zero attached hydrogens (tertiary/aromatic N) is 1. The number of hydrogen-bond donors (Lipinski definition) is 0. The molecule has 1 saturated heterocycles. The highest BCUT2D eigenvalue weighted by Gasteiger charge is 2.42. The summed E-state index contributed by atoms with van der Waals surface area (Å²) in [4.78, 5) is 16.1. The molecule has 1 aliphatic heterocycles. The fourth-order valence-corrected chi connectivity index (χ4v) is 3.07. The Hall–Kier alpha value is -1.88. The van der Waals surface area contributed by atoms with Crippen molar-refractivity contribution < 1.29 is 19.0 Å². The predicted octanol–water partition coefficient (Wildman–Crippen LogP) is 3.45. The van der Waals surface area contributed by atoms with Crippen molar-refractivity contribution in [1.82, 2.24) is 0 Å². The third kappa shape index (κ3) is 4.35. The minimum atomic E-state index is -0.631. The van der Waals surface area contributed by atoms with Crippen LogP contribution in [0.5, 0.6) is 5.75 Å². The summed E-state index contributed by atoms with van der Waals surface area (Å²) in [6, 6.07) is 7.45. The maximum atomic E-state index is 11.4. The van der Waals surface area contributed by atoms with Crippen LogP contribution in [0.4, 0.5) is 0 Å². The molecule has 5 heteroatoms. The van der Waals surface area contributed by atoms with Crippen molar-refractivity contribution in [3.05, 3.63) is 29.8 Å². The molecule has 0 N–H and O–H groups in total. The molecular weight excluding hydrogens is 306 g/mol. The highest BCUT2D eigenvalue weighted by atomic mass is 16.7. The summed E-state index contributed by atoms with van der Waals surface area (Å²) in [5.74, 6) is 1.06. The van der Waals surface area contributed by atoms with Gasteiger partial charge in [0.1, 0.15) is 11.8 Å². The number of rotatable bonds is 5. The molecule has 24 heavy (non-hydrogen) atoms. The van der Waals surface area contributed by atoms with Gasteiger partial charge in [-0.25, -0.2) is 0 Å². The standard InChI is InChI=1S/C19H27NO4/c1-6-17-12(2)13(3)18(19(24-17)23-14(4)21)20-11-15-7-9-16(22-5)10-8-15/h7-13,17-19H,6H2,1-5H3/b20-11+/t12-,13-,17?,18?,19+/m0/s1. The lowest BCUT2D eigenvalue weighted by molar-refractivity contribution is -0.226. The highest BCUT2D eigenvalue weighted by molar-refractivity contribution is 5.80. The Labute approximate surface area is 144 Å². The van der Waals surface area contributed by atoms with E-state index in [0.29, 0.717) is 5.92 Å². The van der Waals surface area contributed by atoms with Crippen LogP contribution in [0.15, 0.2) is 29.3 Å². The largest absolute Gasteiger partial charge is 0.497 e. The van der Waals surface area contributed by atoms with Gasteiger partial charge in [0.15, 0.2) is 0 Å². The molecule has 0 aromatic heterocycles. The molecule has 0 aliphatic carbocycles. The van der Waals surface area contributed by atoms with Gasteiger partial charge in [-0.15, -0.1) is 0 Å². The van der Waals surface area contributed by atoms with Gasteiger partial charge in [0.05, 0.1) is 13.2 Å². The average molecular weight is 333 g/mol. The van der Waals surface area contributed by atoms with Gasteiger partial charge in [-0.3, -0.25) is 9.79 Å². The van der Waals surface area contributed by atoms with Crippen LogP contribution in [-0.4, -0.2) is 37.7 Å². The van der Waals surface area contributed by atoms with Crippen molar-refractivity contribution in [3.8, 4) is 5.75 Å². The first kappa shape index (κ1) is 18.5. The molecule has 0 amide bonds. The molecule has 2 unspecified atom stereocenters. The van der Waals surface area contributed by atoms with Crippen LogP contribution in [0.25, 0.3) is 0 Å². The minimum Gasteiger partial charge on any atom is -0.497 e.